The molecule has 2 amide bonds. The lowest BCUT2D eigenvalue weighted by molar-refractivity contribution is -0.125. The Labute approximate surface area is 139 Å². The number of ether oxygens (including phenoxy) is 2. The van der Waals surface area contributed by atoms with Crippen LogP contribution in [-0.4, -0.2) is 31.6 Å². The van der Waals surface area contributed by atoms with E-state index in [-0.39, 0.29) is 12.5 Å². The number of nitrogens with two attached hydrogens (primary N) is 1. The van der Waals surface area contributed by atoms with Crippen LogP contribution in [0, 0.1) is 0 Å². The fourth-order valence-electron chi connectivity index (χ4n) is 2.87. The van der Waals surface area contributed by atoms with Crippen LogP contribution >= 0.6 is 0 Å². The van der Waals surface area contributed by atoms with Crippen LogP contribution in [0.25, 0.3) is 0 Å². The zero-order chi connectivity index (χ0) is 17.1. The van der Waals surface area contributed by atoms with Gasteiger partial charge in [0.15, 0.2) is 18.1 Å². The lowest BCUT2D eigenvalue weighted by atomic mass is 10.1. The molecule has 1 aliphatic heterocycles. The predicted octanol–water partition coefficient (Wildman–Crippen LogP) is 1.52. The highest BCUT2D eigenvalue weighted by atomic mass is 16.5. The number of para-hydroxylation sites is 3. The Morgan fingerprint density at radius 1 is 1.12 bits per heavy atom. The number of amides is 2. The maximum Gasteiger partial charge on any atom is 0.265 e. The first kappa shape index (κ1) is 15.9. The summed E-state index contributed by atoms with van der Waals surface area (Å²) in [5.74, 6) is 0.154. The van der Waals surface area contributed by atoms with Crippen LogP contribution in [0.15, 0.2) is 48.5 Å². The second kappa shape index (κ2) is 6.62. The van der Waals surface area contributed by atoms with Crippen molar-refractivity contribution in [3.63, 3.8) is 0 Å². The van der Waals surface area contributed by atoms with Gasteiger partial charge in [0.25, 0.3) is 5.91 Å². The molecule has 3 rings (SSSR count). The largest absolute Gasteiger partial charge is 0.493 e. The second-order valence-corrected chi connectivity index (χ2v) is 5.45. The quantitative estimate of drug-likeness (QED) is 0.903. The van der Waals surface area contributed by atoms with Crippen LogP contribution in [-0.2, 0) is 16.0 Å². The van der Waals surface area contributed by atoms with Crippen molar-refractivity contribution in [3.05, 3.63) is 54.1 Å². The molecule has 0 unspecified atom stereocenters. The lowest BCUT2D eigenvalue weighted by Crippen LogP contribution is -2.47. The van der Waals surface area contributed by atoms with E-state index in [1.54, 1.807) is 24.3 Å². The van der Waals surface area contributed by atoms with E-state index in [0.717, 1.165) is 5.56 Å². The highest BCUT2D eigenvalue weighted by Gasteiger charge is 2.37. The highest BCUT2D eigenvalue weighted by molar-refractivity contribution is 6.03. The molecule has 0 saturated carbocycles. The predicted molar refractivity (Wildman–Crippen MR) is 89.1 cm³/mol. The summed E-state index contributed by atoms with van der Waals surface area (Å²) in [5.41, 5.74) is 7.09. The van der Waals surface area contributed by atoms with E-state index >= 15 is 0 Å². The van der Waals surface area contributed by atoms with E-state index in [0.29, 0.717) is 23.6 Å². The Balaban J connectivity index is 1.79. The molecule has 0 saturated heterocycles. The summed E-state index contributed by atoms with van der Waals surface area (Å²) in [6.45, 7) is -0.210. The molecule has 0 radical (unpaired) electrons. The molecular formula is C18H18N2O4. The van der Waals surface area contributed by atoms with Gasteiger partial charge in [-0.2, -0.15) is 0 Å². The molecule has 1 aliphatic rings. The Bertz CT molecular complexity index is 775. The van der Waals surface area contributed by atoms with Crippen molar-refractivity contribution in [2.75, 3.05) is 18.6 Å². The molecule has 124 valence electrons. The van der Waals surface area contributed by atoms with Gasteiger partial charge in [0, 0.05) is 12.1 Å². The number of fused-ring (bicyclic) bond motifs is 1. The Kier molecular flexibility index (Phi) is 4.37. The Morgan fingerprint density at radius 2 is 1.79 bits per heavy atom. The molecule has 0 aromatic heterocycles. The van der Waals surface area contributed by atoms with Crippen LogP contribution in [0.1, 0.15) is 5.56 Å². The third-order valence-electron chi connectivity index (χ3n) is 3.99. The number of hydrogen-bond acceptors (Lipinski definition) is 4. The first-order chi connectivity index (χ1) is 11.6. The van der Waals surface area contributed by atoms with Gasteiger partial charge < -0.3 is 15.2 Å². The number of benzene rings is 2. The topological polar surface area (TPSA) is 81.9 Å². The minimum atomic E-state index is -0.684. The number of rotatable bonds is 5. The number of nitrogens with zero attached hydrogens (tertiary/aromatic N) is 1. The van der Waals surface area contributed by atoms with E-state index < -0.39 is 11.9 Å². The summed E-state index contributed by atoms with van der Waals surface area (Å²) in [7, 11) is 1.53. The fourth-order valence-corrected chi connectivity index (χ4v) is 2.87. The molecule has 2 N–H and O–H groups in total. The summed E-state index contributed by atoms with van der Waals surface area (Å²) in [5, 5.41) is 0. The summed E-state index contributed by atoms with van der Waals surface area (Å²) < 4.78 is 10.8. The highest BCUT2D eigenvalue weighted by Crippen LogP contribution is 2.32. The summed E-state index contributed by atoms with van der Waals surface area (Å²) in [6, 6.07) is 13.8. The van der Waals surface area contributed by atoms with Crippen LogP contribution < -0.4 is 20.1 Å². The third-order valence-corrected chi connectivity index (χ3v) is 3.99. The summed E-state index contributed by atoms with van der Waals surface area (Å²) in [6.07, 6.45) is 0.423. The standard InChI is InChI=1S/C18H18N2O4/c1-23-15-8-4-5-9-16(15)24-11-17(21)20-13-7-3-2-6-12(13)10-14(20)18(19)22/h2-9,14H,10-11H2,1H3,(H2,19,22)/t14-/m1/s1. The van der Waals surface area contributed by atoms with Gasteiger partial charge in [0.05, 0.1) is 7.11 Å². The van der Waals surface area contributed by atoms with Gasteiger partial charge >= 0.3 is 0 Å². The maximum absolute atomic E-state index is 12.6. The number of methoxy groups -OCH3 is 1. The molecule has 1 heterocycles. The molecule has 2 aromatic carbocycles. The van der Waals surface area contributed by atoms with Crippen LogP contribution in [0.2, 0.25) is 0 Å². The molecule has 0 aliphatic carbocycles. The van der Waals surface area contributed by atoms with Gasteiger partial charge in [-0.1, -0.05) is 30.3 Å². The minimum Gasteiger partial charge on any atom is -0.493 e. The van der Waals surface area contributed by atoms with Crippen molar-refractivity contribution in [3.8, 4) is 11.5 Å². The van der Waals surface area contributed by atoms with Crippen molar-refractivity contribution >= 4 is 17.5 Å². The van der Waals surface area contributed by atoms with Crippen LogP contribution in [0.3, 0.4) is 0 Å². The van der Waals surface area contributed by atoms with Gasteiger partial charge in [-0.3, -0.25) is 14.5 Å². The fraction of sp³-hybridized carbons (Fsp3) is 0.222. The van der Waals surface area contributed by atoms with E-state index in [2.05, 4.69) is 0 Å². The maximum atomic E-state index is 12.6. The van der Waals surface area contributed by atoms with E-state index in [4.69, 9.17) is 15.2 Å². The van der Waals surface area contributed by atoms with Gasteiger partial charge in [0.2, 0.25) is 5.91 Å². The SMILES string of the molecule is COc1ccccc1OCC(=O)N1c2ccccc2C[C@@H]1C(N)=O. The van der Waals surface area contributed by atoms with Gasteiger partial charge in [-0.15, -0.1) is 0 Å². The minimum absolute atomic E-state index is 0.210. The second-order valence-electron chi connectivity index (χ2n) is 5.45. The lowest BCUT2D eigenvalue weighted by Gasteiger charge is -2.23. The summed E-state index contributed by atoms with van der Waals surface area (Å²) in [4.78, 5) is 25.8. The summed E-state index contributed by atoms with van der Waals surface area (Å²) >= 11 is 0. The zero-order valence-electron chi connectivity index (χ0n) is 13.3. The number of anilines is 1. The smallest absolute Gasteiger partial charge is 0.265 e. The molecule has 0 bridgehead atoms. The Hall–Kier alpha value is -3.02. The first-order valence-corrected chi connectivity index (χ1v) is 7.57. The number of carbonyl (C=O) groups excluding carboxylic acids is 2. The average Bonchev–Trinajstić information content (AvgIpc) is 3.00. The van der Waals surface area contributed by atoms with E-state index in [1.165, 1.54) is 12.0 Å². The van der Waals surface area contributed by atoms with Crippen LogP contribution in [0.4, 0.5) is 5.69 Å². The molecule has 24 heavy (non-hydrogen) atoms. The number of primary amides is 1. The third kappa shape index (κ3) is 2.90. The normalized spacial score (nSPS) is 15.7. The molecule has 1 atom stereocenters. The monoisotopic (exact) mass is 326 g/mol. The molecule has 2 aromatic rings. The molecule has 0 fully saturated rings. The number of carbonyl (C=O) groups is 2. The van der Waals surface area contributed by atoms with Crippen molar-refractivity contribution < 1.29 is 19.1 Å². The molecule has 6 nitrogen and oxygen atoms in total. The van der Waals surface area contributed by atoms with E-state index in [1.807, 2.05) is 24.3 Å². The van der Waals surface area contributed by atoms with Crippen molar-refractivity contribution in [2.45, 2.75) is 12.5 Å². The van der Waals surface area contributed by atoms with E-state index in [9.17, 15) is 9.59 Å². The van der Waals surface area contributed by atoms with Gasteiger partial charge in [-0.05, 0) is 23.8 Å². The average molecular weight is 326 g/mol. The Morgan fingerprint density at radius 3 is 2.50 bits per heavy atom. The molecule has 0 spiro atoms. The van der Waals surface area contributed by atoms with Gasteiger partial charge in [-0.25, -0.2) is 0 Å². The van der Waals surface area contributed by atoms with Crippen LogP contribution in [0.5, 0.6) is 11.5 Å². The van der Waals surface area contributed by atoms with Crippen molar-refractivity contribution in [1.29, 1.82) is 0 Å². The van der Waals surface area contributed by atoms with Crippen molar-refractivity contribution in [2.24, 2.45) is 5.73 Å². The number of hydrogen-bond donors (Lipinski definition) is 1. The first-order valence-electron chi connectivity index (χ1n) is 7.57. The van der Waals surface area contributed by atoms with Crippen molar-refractivity contribution in [1.82, 2.24) is 0 Å². The zero-order valence-corrected chi connectivity index (χ0v) is 13.3. The molecule has 6 heteroatoms. The van der Waals surface area contributed by atoms with Gasteiger partial charge in [0.1, 0.15) is 6.04 Å². The molecular weight excluding hydrogens is 308 g/mol.